The number of carbonyl (C=O) groups is 2. The maximum atomic E-state index is 13.0. The molecule has 4 atom stereocenters. The first-order valence-corrected chi connectivity index (χ1v) is 11.1. The summed E-state index contributed by atoms with van der Waals surface area (Å²) < 4.78 is 0. The molecule has 0 spiro atoms. The Morgan fingerprint density at radius 3 is 2.21 bits per heavy atom. The van der Waals surface area contributed by atoms with Gasteiger partial charge < -0.3 is 10.6 Å². The van der Waals surface area contributed by atoms with E-state index < -0.39 is 0 Å². The summed E-state index contributed by atoms with van der Waals surface area (Å²) in [5.74, 6) is 2.22. The van der Waals surface area contributed by atoms with Gasteiger partial charge in [-0.3, -0.25) is 9.59 Å². The Morgan fingerprint density at radius 1 is 1.03 bits per heavy atom. The second-order valence-electron chi connectivity index (χ2n) is 9.70. The lowest BCUT2D eigenvalue weighted by Gasteiger charge is -2.36. The maximum absolute atomic E-state index is 13.0. The van der Waals surface area contributed by atoms with Gasteiger partial charge in [0, 0.05) is 30.6 Å². The maximum Gasteiger partial charge on any atom is 0.227 e. The zero-order valence-electron chi connectivity index (χ0n) is 17.7. The lowest BCUT2D eigenvalue weighted by Crippen LogP contribution is -2.49. The van der Waals surface area contributed by atoms with Gasteiger partial charge in [0.2, 0.25) is 5.91 Å². The van der Waals surface area contributed by atoms with Gasteiger partial charge in [0.05, 0.1) is 5.92 Å². The Bertz CT molecular complexity index is 723. The molecule has 1 saturated heterocycles. The average molecular weight is 419 g/mol. The molecule has 5 heteroatoms. The molecule has 3 fully saturated rings. The number of ketones is 1. The minimum absolute atomic E-state index is 0. The van der Waals surface area contributed by atoms with Crippen LogP contribution in [0.25, 0.3) is 0 Å². The molecular formula is C24H35ClN2O2. The lowest BCUT2D eigenvalue weighted by atomic mass is 9.82. The van der Waals surface area contributed by atoms with Crippen LogP contribution in [0.15, 0.2) is 24.3 Å². The van der Waals surface area contributed by atoms with Crippen LogP contribution in [0, 0.1) is 29.6 Å². The number of hydrogen-bond donors (Lipinski definition) is 1. The number of benzene rings is 1. The molecule has 2 aliphatic carbocycles. The first kappa shape index (κ1) is 22.3. The van der Waals surface area contributed by atoms with E-state index in [-0.39, 0.29) is 42.0 Å². The molecular weight excluding hydrogens is 384 g/mol. The van der Waals surface area contributed by atoms with Crippen LogP contribution in [0.2, 0.25) is 0 Å². The summed E-state index contributed by atoms with van der Waals surface area (Å²) in [6.45, 7) is 5.80. The van der Waals surface area contributed by atoms with Crippen LogP contribution in [-0.4, -0.2) is 35.7 Å². The topological polar surface area (TPSA) is 63.4 Å². The van der Waals surface area contributed by atoms with Crippen molar-refractivity contribution in [2.24, 2.45) is 35.3 Å². The summed E-state index contributed by atoms with van der Waals surface area (Å²) in [5.41, 5.74) is 8.46. The zero-order chi connectivity index (χ0) is 19.8. The number of Topliss-reactive ketones (excluding diaryl/α,β-unsaturated/α-hetero) is 1. The number of rotatable bonds is 5. The van der Waals surface area contributed by atoms with E-state index in [1.807, 2.05) is 17.0 Å². The summed E-state index contributed by atoms with van der Waals surface area (Å²) in [4.78, 5) is 27.9. The van der Waals surface area contributed by atoms with E-state index in [1.165, 1.54) is 12.0 Å². The predicted octanol–water partition coefficient (Wildman–Crippen LogP) is 4.10. The fraction of sp³-hybridized carbons (Fsp3) is 0.667. The number of hydrogen-bond acceptors (Lipinski definition) is 3. The van der Waals surface area contributed by atoms with E-state index in [2.05, 4.69) is 26.0 Å². The van der Waals surface area contributed by atoms with Crippen molar-refractivity contribution < 1.29 is 9.59 Å². The van der Waals surface area contributed by atoms with Gasteiger partial charge in [0.15, 0.2) is 5.78 Å². The van der Waals surface area contributed by atoms with Crippen LogP contribution in [0.1, 0.15) is 61.9 Å². The van der Waals surface area contributed by atoms with Gasteiger partial charge in [-0.15, -0.1) is 12.4 Å². The van der Waals surface area contributed by atoms with Crippen molar-refractivity contribution in [3.8, 4) is 0 Å². The van der Waals surface area contributed by atoms with E-state index in [1.54, 1.807) is 0 Å². The fourth-order valence-electron chi connectivity index (χ4n) is 5.79. The minimum atomic E-state index is 0. The normalized spacial score (nSPS) is 29.2. The molecule has 1 aromatic carbocycles. The molecule has 0 radical (unpaired) electrons. The summed E-state index contributed by atoms with van der Waals surface area (Å²) >= 11 is 0. The molecule has 0 aromatic heterocycles. The van der Waals surface area contributed by atoms with Crippen LogP contribution in [0.5, 0.6) is 0 Å². The van der Waals surface area contributed by atoms with Crippen molar-refractivity contribution in [3.05, 3.63) is 35.4 Å². The third-order valence-corrected chi connectivity index (χ3v) is 7.33. The second kappa shape index (κ2) is 9.18. The van der Waals surface area contributed by atoms with E-state index in [0.29, 0.717) is 30.8 Å². The molecule has 1 aromatic rings. The monoisotopic (exact) mass is 418 g/mol. The molecule has 4 unspecified atom stereocenters. The minimum Gasteiger partial charge on any atom is -0.342 e. The standard InChI is InChI=1S/C24H34N2O2.ClH/c1-15(2)13-16-3-5-17(6-4-16)23(27)18-9-11-26(12-10-18)24(28)21-19-7-8-20(14-19)22(21)25;/h3-6,15,18-22H,7-14,25H2,1-2H3;1H. The quantitative estimate of drug-likeness (QED) is 0.732. The average Bonchev–Trinajstić information content (AvgIpc) is 3.28. The summed E-state index contributed by atoms with van der Waals surface area (Å²) in [6, 6.07) is 8.18. The highest BCUT2D eigenvalue weighted by atomic mass is 35.5. The molecule has 2 N–H and O–H groups in total. The zero-order valence-corrected chi connectivity index (χ0v) is 18.5. The Hall–Kier alpha value is -1.39. The first-order valence-electron chi connectivity index (χ1n) is 11.1. The van der Waals surface area contributed by atoms with Gasteiger partial charge in [0.25, 0.3) is 0 Å². The molecule has 1 heterocycles. The highest BCUT2D eigenvalue weighted by Crippen LogP contribution is 2.48. The largest absolute Gasteiger partial charge is 0.342 e. The van der Waals surface area contributed by atoms with E-state index in [0.717, 1.165) is 37.7 Å². The number of nitrogens with zero attached hydrogens (tertiary/aromatic N) is 1. The first-order chi connectivity index (χ1) is 13.4. The predicted molar refractivity (Wildman–Crippen MR) is 118 cm³/mol. The van der Waals surface area contributed by atoms with E-state index >= 15 is 0 Å². The van der Waals surface area contributed by atoms with Crippen LogP contribution < -0.4 is 5.73 Å². The van der Waals surface area contributed by atoms with Crippen molar-refractivity contribution in [1.29, 1.82) is 0 Å². The third kappa shape index (κ3) is 4.54. The van der Waals surface area contributed by atoms with Crippen molar-refractivity contribution in [2.45, 2.75) is 58.4 Å². The number of nitrogens with two attached hydrogens (primary N) is 1. The number of likely N-dealkylation sites (tertiary alicyclic amines) is 1. The second-order valence-corrected chi connectivity index (χ2v) is 9.70. The fourth-order valence-corrected chi connectivity index (χ4v) is 5.79. The molecule has 3 aliphatic rings. The van der Waals surface area contributed by atoms with Crippen molar-refractivity contribution in [1.82, 2.24) is 4.90 Å². The highest BCUT2D eigenvalue weighted by molar-refractivity contribution is 5.98. The van der Waals surface area contributed by atoms with Gasteiger partial charge in [-0.05, 0) is 61.8 Å². The Labute approximate surface area is 181 Å². The number of piperidine rings is 1. The van der Waals surface area contributed by atoms with Gasteiger partial charge in [0.1, 0.15) is 0 Å². The Morgan fingerprint density at radius 2 is 1.66 bits per heavy atom. The highest BCUT2D eigenvalue weighted by Gasteiger charge is 2.50. The number of halogens is 1. The Balaban J connectivity index is 0.00000240. The molecule has 29 heavy (non-hydrogen) atoms. The SMILES string of the molecule is CC(C)Cc1ccc(C(=O)C2CCN(C(=O)C3C4CCC(C4)C3N)CC2)cc1.Cl. The van der Waals surface area contributed by atoms with Crippen molar-refractivity contribution >= 4 is 24.1 Å². The van der Waals surface area contributed by atoms with Gasteiger partial charge in [-0.2, -0.15) is 0 Å². The summed E-state index contributed by atoms with van der Waals surface area (Å²) in [7, 11) is 0. The number of fused-ring (bicyclic) bond motifs is 2. The number of amides is 1. The number of carbonyl (C=O) groups excluding carboxylic acids is 2. The lowest BCUT2D eigenvalue weighted by molar-refractivity contribution is -0.139. The van der Waals surface area contributed by atoms with E-state index in [9.17, 15) is 9.59 Å². The summed E-state index contributed by atoms with van der Waals surface area (Å²) in [6.07, 6.45) is 6.08. The van der Waals surface area contributed by atoms with E-state index in [4.69, 9.17) is 5.73 Å². The molecule has 1 amide bonds. The van der Waals surface area contributed by atoms with Crippen LogP contribution in [0.3, 0.4) is 0 Å². The van der Waals surface area contributed by atoms with Crippen molar-refractivity contribution in [3.63, 3.8) is 0 Å². The Kier molecular flexibility index (Phi) is 7.06. The molecule has 4 rings (SSSR count). The molecule has 4 nitrogen and oxygen atoms in total. The molecule has 160 valence electrons. The molecule has 2 saturated carbocycles. The van der Waals surface area contributed by atoms with Crippen molar-refractivity contribution in [2.75, 3.05) is 13.1 Å². The third-order valence-electron chi connectivity index (χ3n) is 7.33. The van der Waals surface area contributed by atoms with Gasteiger partial charge >= 0.3 is 0 Å². The van der Waals surface area contributed by atoms with Crippen LogP contribution in [-0.2, 0) is 11.2 Å². The van der Waals surface area contributed by atoms with Crippen LogP contribution >= 0.6 is 12.4 Å². The smallest absolute Gasteiger partial charge is 0.227 e. The van der Waals surface area contributed by atoms with Gasteiger partial charge in [-0.1, -0.05) is 38.1 Å². The molecule has 1 aliphatic heterocycles. The van der Waals surface area contributed by atoms with Gasteiger partial charge in [-0.25, -0.2) is 0 Å². The molecule has 2 bridgehead atoms. The summed E-state index contributed by atoms with van der Waals surface area (Å²) in [5, 5.41) is 0. The van der Waals surface area contributed by atoms with Crippen LogP contribution in [0.4, 0.5) is 0 Å².